The van der Waals surface area contributed by atoms with Crippen molar-refractivity contribution < 1.29 is 28.8 Å². The number of benzene rings is 1. The van der Waals surface area contributed by atoms with Crippen molar-refractivity contribution >= 4 is 5.97 Å². The van der Waals surface area contributed by atoms with Crippen molar-refractivity contribution in [2.45, 2.75) is 0 Å². The average molecular weight is 306 g/mol. The predicted molar refractivity (Wildman–Crippen MR) is 75.2 cm³/mol. The van der Waals surface area contributed by atoms with Gasteiger partial charge < -0.3 is 24.1 Å². The van der Waals surface area contributed by atoms with Crippen molar-refractivity contribution in [2.75, 3.05) is 21.3 Å². The number of carboxylic acid groups (broad SMARTS) is 1. The van der Waals surface area contributed by atoms with Gasteiger partial charge in [0.15, 0.2) is 0 Å². The highest BCUT2D eigenvalue weighted by atomic mass is 16.5. The first-order valence-electron chi connectivity index (χ1n) is 6.13. The third-order valence-electron chi connectivity index (χ3n) is 2.70. The minimum atomic E-state index is -1.16. The van der Waals surface area contributed by atoms with Crippen molar-refractivity contribution in [3.05, 3.63) is 29.8 Å². The minimum absolute atomic E-state index is 0.0728. The second kappa shape index (κ2) is 6.61. The molecule has 0 bridgehead atoms. The first-order valence-corrected chi connectivity index (χ1v) is 6.13. The van der Waals surface area contributed by atoms with E-state index in [4.69, 9.17) is 18.9 Å². The van der Waals surface area contributed by atoms with Crippen LogP contribution in [0.3, 0.4) is 0 Å². The van der Waals surface area contributed by atoms with E-state index in [0.29, 0.717) is 5.75 Å². The van der Waals surface area contributed by atoms with Gasteiger partial charge in [0.1, 0.15) is 17.1 Å². The molecule has 0 amide bonds. The summed E-state index contributed by atoms with van der Waals surface area (Å²) in [4.78, 5) is 19.3. The van der Waals surface area contributed by atoms with Gasteiger partial charge in [-0.1, -0.05) is 0 Å². The van der Waals surface area contributed by atoms with E-state index in [1.165, 1.54) is 39.5 Å². The number of hydrogen-bond acceptors (Lipinski definition) is 7. The Bertz CT molecular complexity index is 667. The monoisotopic (exact) mass is 306 g/mol. The molecule has 0 saturated heterocycles. The van der Waals surface area contributed by atoms with Gasteiger partial charge in [-0.15, -0.1) is 0 Å². The lowest BCUT2D eigenvalue weighted by Gasteiger charge is -2.10. The number of aromatic nitrogens is 2. The van der Waals surface area contributed by atoms with Gasteiger partial charge in [0, 0.05) is 0 Å². The minimum Gasteiger partial charge on any atom is -0.497 e. The van der Waals surface area contributed by atoms with Crippen LogP contribution in [0.2, 0.25) is 0 Å². The second-order valence-corrected chi connectivity index (χ2v) is 4.00. The van der Waals surface area contributed by atoms with Crippen LogP contribution in [-0.4, -0.2) is 42.4 Å². The summed E-state index contributed by atoms with van der Waals surface area (Å²) in [5.74, 6) is -0.235. The zero-order valence-corrected chi connectivity index (χ0v) is 12.2. The molecule has 8 nitrogen and oxygen atoms in total. The summed E-state index contributed by atoms with van der Waals surface area (Å²) in [5.41, 5.74) is -0.0789. The standard InChI is InChI=1S/C14H14N2O6/c1-19-8-4-5-10(9(6-8)13(17)18)22-14-15-11(20-2)7-12(16-14)21-3/h4-7H,1-3H3,(H,17,18). The Labute approximate surface area is 126 Å². The molecule has 0 saturated carbocycles. The van der Waals surface area contributed by atoms with Crippen LogP contribution in [0.25, 0.3) is 0 Å². The predicted octanol–water partition coefficient (Wildman–Crippen LogP) is 1.99. The fourth-order valence-electron chi connectivity index (χ4n) is 1.63. The van der Waals surface area contributed by atoms with Crippen LogP contribution in [-0.2, 0) is 0 Å². The molecule has 0 aliphatic rings. The Morgan fingerprint density at radius 3 is 2.14 bits per heavy atom. The maximum absolute atomic E-state index is 11.3. The van der Waals surface area contributed by atoms with E-state index >= 15 is 0 Å². The molecule has 1 aromatic heterocycles. The van der Waals surface area contributed by atoms with Gasteiger partial charge in [-0.05, 0) is 18.2 Å². The van der Waals surface area contributed by atoms with Crippen LogP contribution in [0.4, 0.5) is 0 Å². The van der Waals surface area contributed by atoms with Gasteiger partial charge in [-0.3, -0.25) is 0 Å². The molecule has 2 rings (SSSR count). The number of carboxylic acids is 1. The molecule has 1 aromatic carbocycles. The lowest BCUT2D eigenvalue weighted by atomic mass is 10.2. The maximum atomic E-state index is 11.3. The zero-order chi connectivity index (χ0) is 16.1. The molecule has 8 heteroatoms. The molecule has 22 heavy (non-hydrogen) atoms. The van der Waals surface area contributed by atoms with E-state index in [1.54, 1.807) is 6.07 Å². The fourth-order valence-corrected chi connectivity index (χ4v) is 1.63. The summed E-state index contributed by atoms with van der Waals surface area (Å²) >= 11 is 0. The van der Waals surface area contributed by atoms with Crippen molar-refractivity contribution in [1.82, 2.24) is 9.97 Å². The van der Waals surface area contributed by atoms with E-state index < -0.39 is 5.97 Å². The summed E-state index contributed by atoms with van der Waals surface area (Å²) in [7, 11) is 4.31. The molecule has 1 heterocycles. The highest BCUT2D eigenvalue weighted by Crippen LogP contribution is 2.29. The van der Waals surface area contributed by atoms with Gasteiger partial charge in [0.2, 0.25) is 11.8 Å². The second-order valence-electron chi connectivity index (χ2n) is 4.00. The van der Waals surface area contributed by atoms with E-state index in [-0.39, 0.29) is 29.1 Å². The Hall–Kier alpha value is -3.03. The van der Waals surface area contributed by atoms with Crippen LogP contribution < -0.4 is 18.9 Å². The number of methoxy groups -OCH3 is 3. The summed E-state index contributed by atoms with van der Waals surface area (Å²) in [6.07, 6.45) is 0. The maximum Gasteiger partial charge on any atom is 0.339 e. The van der Waals surface area contributed by atoms with Crippen LogP contribution in [0.1, 0.15) is 10.4 Å². The number of nitrogens with zero attached hydrogens (tertiary/aromatic N) is 2. The van der Waals surface area contributed by atoms with Gasteiger partial charge in [0.05, 0.1) is 27.4 Å². The molecule has 0 spiro atoms. The Balaban J connectivity index is 2.40. The van der Waals surface area contributed by atoms with Gasteiger partial charge in [-0.2, -0.15) is 9.97 Å². The molecule has 2 aromatic rings. The van der Waals surface area contributed by atoms with E-state index in [9.17, 15) is 9.90 Å². The lowest BCUT2D eigenvalue weighted by Crippen LogP contribution is -2.03. The van der Waals surface area contributed by atoms with Crippen LogP contribution in [0.5, 0.6) is 29.3 Å². The molecule has 0 fully saturated rings. The molecule has 0 radical (unpaired) electrons. The smallest absolute Gasteiger partial charge is 0.339 e. The number of rotatable bonds is 6. The molecular formula is C14H14N2O6. The van der Waals surface area contributed by atoms with Gasteiger partial charge in [-0.25, -0.2) is 4.79 Å². The van der Waals surface area contributed by atoms with Gasteiger partial charge >= 0.3 is 12.0 Å². The summed E-state index contributed by atoms with van der Waals surface area (Å²) in [6.45, 7) is 0. The van der Waals surface area contributed by atoms with Crippen molar-refractivity contribution in [2.24, 2.45) is 0 Å². The number of carbonyl (C=O) groups is 1. The Kier molecular flexibility index (Phi) is 4.62. The normalized spacial score (nSPS) is 9.95. The first-order chi connectivity index (χ1) is 10.6. The van der Waals surface area contributed by atoms with Crippen LogP contribution >= 0.6 is 0 Å². The van der Waals surface area contributed by atoms with Crippen molar-refractivity contribution in [3.63, 3.8) is 0 Å². The highest BCUT2D eigenvalue weighted by Gasteiger charge is 2.16. The quantitative estimate of drug-likeness (QED) is 0.864. The van der Waals surface area contributed by atoms with E-state index in [2.05, 4.69) is 9.97 Å². The largest absolute Gasteiger partial charge is 0.497 e. The molecule has 116 valence electrons. The van der Waals surface area contributed by atoms with E-state index in [1.807, 2.05) is 0 Å². The van der Waals surface area contributed by atoms with Crippen LogP contribution in [0, 0.1) is 0 Å². The molecular weight excluding hydrogens is 292 g/mol. The molecule has 0 atom stereocenters. The Morgan fingerprint density at radius 2 is 1.64 bits per heavy atom. The highest BCUT2D eigenvalue weighted by molar-refractivity contribution is 5.91. The summed E-state index contributed by atoms with van der Waals surface area (Å²) in [5, 5.41) is 9.24. The molecule has 0 aliphatic heterocycles. The first kappa shape index (κ1) is 15.4. The Morgan fingerprint density at radius 1 is 1.00 bits per heavy atom. The lowest BCUT2D eigenvalue weighted by molar-refractivity contribution is 0.0693. The third kappa shape index (κ3) is 3.35. The van der Waals surface area contributed by atoms with Gasteiger partial charge in [0.25, 0.3) is 0 Å². The molecule has 0 aliphatic carbocycles. The topological polar surface area (TPSA) is 100 Å². The van der Waals surface area contributed by atoms with E-state index in [0.717, 1.165) is 0 Å². The third-order valence-corrected chi connectivity index (χ3v) is 2.70. The number of aromatic carboxylic acids is 1. The molecule has 1 N–H and O–H groups in total. The summed E-state index contributed by atoms with van der Waals surface area (Å²) in [6, 6.07) is 5.74. The fraction of sp³-hybridized carbons (Fsp3) is 0.214. The van der Waals surface area contributed by atoms with Crippen LogP contribution in [0.15, 0.2) is 24.3 Å². The molecule has 0 unspecified atom stereocenters. The SMILES string of the molecule is COc1ccc(Oc2nc(OC)cc(OC)n2)c(C(=O)O)c1. The van der Waals surface area contributed by atoms with Crippen molar-refractivity contribution in [3.8, 4) is 29.3 Å². The zero-order valence-electron chi connectivity index (χ0n) is 12.2. The van der Waals surface area contributed by atoms with Crippen molar-refractivity contribution in [1.29, 1.82) is 0 Å². The average Bonchev–Trinajstić information content (AvgIpc) is 2.54. The number of hydrogen-bond donors (Lipinski definition) is 1. The number of ether oxygens (including phenoxy) is 4. The summed E-state index contributed by atoms with van der Waals surface area (Å²) < 4.78 is 20.4.